The Morgan fingerprint density at radius 2 is 2.15 bits per heavy atom. The molecule has 6 heteroatoms. The lowest BCUT2D eigenvalue weighted by atomic mass is 10.2. The van der Waals surface area contributed by atoms with Crippen LogP contribution in [-0.4, -0.2) is 15.9 Å². The summed E-state index contributed by atoms with van der Waals surface area (Å²) >= 11 is 0. The molecule has 0 spiro atoms. The first-order valence-corrected chi connectivity index (χ1v) is 8.58. The summed E-state index contributed by atoms with van der Waals surface area (Å²) in [7, 11) is 0. The number of nitrogens with one attached hydrogen (secondary N) is 2. The maximum atomic E-state index is 13.2. The predicted octanol–water partition coefficient (Wildman–Crippen LogP) is 3.87. The van der Waals surface area contributed by atoms with Crippen LogP contribution in [-0.2, 0) is 11.3 Å². The molecule has 0 radical (unpaired) electrons. The van der Waals surface area contributed by atoms with E-state index in [1.54, 1.807) is 12.1 Å². The Hall–Kier alpha value is -3.15. The highest BCUT2D eigenvalue weighted by atomic mass is 19.1. The van der Waals surface area contributed by atoms with Gasteiger partial charge in [-0.3, -0.25) is 4.79 Å². The van der Waals surface area contributed by atoms with Crippen molar-refractivity contribution in [3.05, 3.63) is 65.9 Å². The molecular formula is C20H16FN3O2. The van der Waals surface area contributed by atoms with Crippen molar-refractivity contribution in [2.45, 2.75) is 18.9 Å². The number of rotatable bonds is 4. The molecule has 2 aromatic carbocycles. The second-order valence-corrected chi connectivity index (χ2v) is 6.70. The second kappa shape index (κ2) is 5.69. The van der Waals surface area contributed by atoms with Crippen LogP contribution in [0, 0.1) is 11.7 Å². The van der Waals surface area contributed by atoms with Gasteiger partial charge in [0.25, 0.3) is 0 Å². The van der Waals surface area contributed by atoms with Crippen molar-refractivity contribution in [1.29, 1.82) is 0 Å². The third kappa shape index (κ3) is 2.63. The van der Waals surface area contributed by atoms with Crippen LogP contribution in [0.4, 0.5) is 4.39 Å². The van der Waals surface area contributed by atoms with Gasteiger partial charge in [0, 0.05) is 17.2 Å². The Morgan fingerprint density at radius 3 is 3.04 bits per heavy atom. The minimum atomic E-state index is -0.305. The van der Waals surface area contributed by atoms with Gasteiger partial charge >= 0.3 is 0 Å². The summed E-state index contributed by atoms with van der Waals surface area (Å²) in [6.07, 6.45) is 0.789. The SMILES string of the molecule is O=C(NCc1cc2cc(F)ccc2o1)[C@H]1C[C@@H]1c1nc2ccccc2[nH]1. The molecule has 26 heavy (non-hydrogen) atoms. The van der Waals surface area contributed by atoms with Crippen LogP contribution in [0.3, 0.4) is 0 Å². The molecular weight excluding hydrogens is 333 g/mol. The average Bonchev–Trinajstić information content (AvgIpc) is 3.16. The lowest BCUT2D eigenvalue weighted by Gasteiger charge is -2.01. The molecule has 2 aromatic heterocycles. The van der Waals surface area contributed by atoms with Gasteiger partial charge < -0.3 is 14.7 Å². The number of hydrogen-bond acceptors (Lipinski definition) is 3. The smallest absolute Gasteiger partial charge is 0.224 e. The van der Waals surface area contributed by atoms with Crippen LogP contribution < -0.4 is 5.32 Å². The minimum absolute atomic E-state index is 0.0120. The van der Waals surface area contributed by atoms with E-state index in [0.29, 0.717) is 23.3 Å². The number of H-pyrrole nitrogens is 1. The van der Waals surface area contributed by atoms with Crippen molar-refractivity contribution in [1.82, 2.24) is 15.3 Å². The number of halogens is 1. The zero-order valence-electron chi connectivity index (χ0n) is 13.8. The van der Waals surface area contributed by atoms with Gasteiger partial charge in [-0.2, -0.15) is 0 Å². The number of carbonyl (C=O) groups is 1. The van der Waals surface area contributed by atoms with Gasteiger partial charge in [-0.25, -0.2) is 9.37 Å². The van der Waals surface area contributed by atoms with Crippen LogP contribution >= 0.6 is 0 Å². The number of imidazole rings is 1. The number of nitrogens with zero attached hydrogens (tertiary/aromatic N) is 1. The first kappa shape index (κ1) is 15.1. The van der Waals surface area contributed by atoms with E-state index in [-0.39, 0.29) is 23.6 Å². The van der Waals surface area contributed by atoms with Crippen molar-refractivity contribution in [3.63, 3.8) is 0 Å². The molecule has 130 valence electrons. The van der Waals surface area contributed by atoms with E-state index >= 15 is 0 Å². The van der Waals surface area contributed by atoms with Crippen LogP contribution in [0.5, 0.6) is 0 Å². The van der Waals surface area contributed by atoms with Crippen molar-refractivity contribution in [3.8, 4) is 0 Å². The number of aromatic amines is 1. The van der Waals surface area contributed by atoms with E-state index in [9.17, 15) is 9.18 Å². The standard InChI is InChI=1S/C20H16FN3O2/c21-12-5-6-18-11(7-12)8-13(26-18)10-22-20(25)15-9-14(15)19-23-16-3-1-2-4-17(16)24-19/h1-8,14-15H,9-10H2,(H,22,25)(H,23,24)/t14-,15-/m0/s1. The van der Waals surface area contributed by atoms with Gasteiger partial charge in [0.05, 0.1) is 17.6 Å². The summed E-state index contributed by atoms with van der Waals surface area (Å²) in [4.78, 5) is 20.3. The second-order valence-electron chi connectivity index (χ2n) is 6.70. The largest absolute Gasteiger partial charge is 0.459 e. The van der Waals surface area contributed by atoms with E-state index in [4.69, 9.17) is 4.42 Å². The van der Waals surface area contributed by atoms with Crippen molar-refractivity contribution < 1.29 is 13.6 Å². The molecule has 4 aromatic rings. The number of amides is 1. The fourth-order valence-corrected chi connectivity index (χ4v) is 3.40. The molecule has 0 bridgehead atoms. The molecule has 0 unspecified atom stereocenters. The fraction of sp³-hybridized carbons (Fsp3) is 0.200. The predicted molar refractivity (Wildman–Crippen MR) is 95.0 cm³/mol. The van der Waals surface area contributed by atoms with Gasteiger partial charge in [0.1, 0.15) is 23.0 Å². The molecule has 5 nitrogen and oxygen atoms in total. The normalized spacial score (nSPS) is 19.1. The van der Waals surface area contributed by atoms with Gasteiger partial charge in [0.15, 0.2) is 0 Å². The van der Waals surface area contributed by atoms with E-state index in [2.05, 4.69) is 15.3 Å². The molecule has 1 aliphatic carbocycles. The molecule has 2 atom stereocenters. The van der Waals surface area contributed by atoms with Crippen molar-refractivity contribution in [2.24, 2.45) is 5.92 Å². The van der Waals surface area contributed by atoms with E-state index in [1.165, 1.54) is 12.1 Å². The van der Waals surface area contributed by atoms with E-state index in [1.807, 2.05) is 24.3 Å². The van der Waals surface area contributed by atoms with Gasteiger partial charge in [-0.1, -0.05) is 12.1 Å². The third-order valence-electron chi connectivity index (χ3n) is 4.85. The van der Waals surface area contributed by atoms with Crippen LogP contribution in [0.1, 0.15) is 23.9 Å². The zero-order chi connectivity index (χ0) is 17.7. The highest BCUT2D eigenvalue weighted by molar-refractivity contribution is 5.83. The van der Waals surface area contributed by atoms with Gasteiger partial charge in [-0.15, -0.1) is 0 Å². The summed E-state index contributed by atoms with van der Waals surface area (Å²) in [6, 6.07) is 14.0. The highest BCUT2D eigenvalue weighted by Crippen LogP contribution is 2.46. The molecule has 2 heterocycles. The maximum absolute atomic E-state index is 13.2. The van der Waals surface area contributed by atoms with Crippen LogP contribution in [0.15, 0.2) is 52.9 Å². The van der Waals surface area contributed by atoms with Gasteiger partial charge in [-0.05, 0) is 42.8 Å². The number of carbonyl (C=O) groups excluding carboxylic acids is 1. The fourth-order valence-electron chi connectivity index (χ4n) is 3.40. The number of furan rings is 1. The Labute approximate surface area is 148 Å². The molecule has 2 N–H and O–H groups in total. The lowest BCUT2D eigenvalue weighted by molar-refractivity contribution is -0.122. The quantitative estimate of drug-likeness (QED) is 0.587. The zero-order valence-corrected chi connectivity index (χ0v) is 13.8. The van der Waals surface area contributed by atoms with E-state index < -0.39 is 0 Å². The number of para-hydroxylation sites is 2. The molecule has 1 fully saturated rings. The molecule has 1 saturated carbocycles. The molecule has 0 aliphatic heterocycles. The Bertz CT molecular complexity index is 1100. The minimum Gasteiger partial charge on any atom is -0.459 e. The molecule has 0 saturated heterocycles. The third-order valence-corrected chi connectivity index (χ3v) is 4.85. The number of fused-ring (bicyclic) bond motifs is 2. The van der Waals surface area contributed by atoms with Gasteiger partial charge in [0.2, 0.25) is 5.91 Å². The number of hydrogen-bond donors (Lipinski definition) is 2. The Balaban J connectivity index is 1.24. The monoisotopic (exact) mass is 349 g/mol. The Kier molecular flexibility index (Phi) is 3.31. The molecule has 1 amide bonds. The number of aromatic nitrogens is 2. The highest BCUT2D eigenvalue weighted by Gasteiger charge is 2.45. The van der Waals surface area contributed by atoms with E-state index in [0.717, 1.165) is 23.3 Å². The summed E-state index contributed by atoms with van der Waals surface area (Å²) in [5.74, 6) is 1.22. The maximum Gasteiger partial charge on any atom is 0.224 e. The average molecular weight is 349 g/mol. The summed E-state index contributed by atoms with van der Waals surface area (Å²) in [5, 5.41) is 3.60. The first-order valence-electron chi connectivity index (χ1n) is 8.58. The summed E-state index contributed by atoms with van der Waals surface area (Å²) < 4.78 is 18.9. The molecule has 1 aliphatic rings. The first-order chi connectivity index (χ1) is 12.7. The van der Waals surface area contributed by atoms with Crippen LogP contribution in [0.25, 0.3) is 22.0 Å². The van der Waals surface area contributed by atoms with Crippen molar-refractivity contribution >= 4 is 27.9 Å². The van der Waals surface area contributed by atoms with Crippen molar-refractivity contribution in [2.75, 3.05) is 0 Å². The topological polar surface area (TPSA) is 70.9 Å². The summed E-state index contributed by atoms with van der Waals surface area (Å²) in [6.45, 7) is 0.290. The number of benzene rings is 2. The molecule has 5 rings (SSSR count). The lowest BCUT2D eigenvalue weighted by Crippen LogP contribution is -2.24. The summed E-state index contributed by atoms with van der Waals surface area (Å²) in [5.41, 5.74) is 2.52. The van der Waals surface area contributed by atoms with Crippen LogP contribution in [0.2, 0.25) is 0 Å². The Morgan fingerprint density at radius 1 is 1.27 bits per heavy atom.